The third-order valence-electron chi connectivity index (χ3n) is 4.98. The van der Waals surface area contributed by atoms with E-state index in [2.05, 4.69) is 45.1 Å². The van der Waals surface area contributed by atoms with Crippen molar-refractivity contribution in [3.63, 3.8) is 0 Å². The third kappa shape index (κ3) is 2.77. The van der Waals surface area contributed by atoms with Gasteiger partial charge in [-0.05, 0) is 62.4 Å². The first kappa shape index (κ1) is 15.5. The second kappa shape index (κ2) is 6.28. The number of hydrogen-bond acceptors (Lipinski definition) is 2. The molecule has 1 aliphatic rings. The Kier molecular flexibility index (Phi) is 4.87. The van der Waals surface area contributed by atoms with Gasteiger partial charge in [-0.15, -0.1) is 0 Å². The maximum atomic E-state index is 6.03. The second-order valence-electron chi connectivity index (χ2n) is 6.26. The Balaban J connectivity index is 2.45. The highest BCUT2D eigenvalue weighted by Gasteiger charge is 2.42. The van der Waals surface area contributed by atoms with Gasteiger partial charge in [-0.1, -0.05) is 31.9 Å². The summed E-state index contributed by atoms with van der Waals surface area (Å²) in [4.78, 5) is 0. The first-order valence-corrected chi connectivity index (χ1v) is 7.90. The maximum Gasteiger partial charge on any atom is 0.0872 e. The van der Waals surface area contributed by atoms with Crippen LogP contribution in [0.5, 0.6) is 0 Å². The highest BCUT2D eigenvalue weighted by molar-refractivity contribution is 5.39. The van der Waals surface area contributed by atoms with Crippen LogP contribution in [0.25, 0.3) is 0 Å². The summed E-state index contributed by atoms with van der Waals surface area (Å²) in [5, 5.41) is 3.70. The van der Waals surface area contributed by atoms with E-state index in [-0.39, 0.29) is 5.60 Å². The second-order valence-corrected chi connectivity index (χ2v) is 6.26. The molecule has 2 nitrogen and oxygen atoms in total. The zero-order valence-corrected chi connectivity index (χ0v) is 13.7. The first-order valence-electron chi connectivity index (χ1n) is 7.90. The van der Waals surface area contributed by atoms with Gasteiger partial charge in [-0.3, -0.25) is 0 Å². The van der Waals surface area contributed by atoms with Crippen molar-refractivity contribution in [1.29, 1.82) is 0 Å². The minimum absolute atomic E-state index is 0.0253. The van der Waals surface area contributed by atoms with E-state index in [1.807, 2.05) is 7.11 Å². The molecule has 0 heterocycles. The Morgan fingerprint density at radius 1 is 1.10 bits per heavy atom. The minimum Gasteiger partial charge on any atom is -0.376 e. The molecule has 0 amide bonds. The molecular formula is C18H29NO. The monoisotopic (exact) mass is 275 g/mol. The molecule has 1 atom stereocenters. The molecule has 0 bridgehead atoms. The molecule has 20 heavy (non-hydrogen) atoms. The lowest BCUT2D eigenvalue weighted by Gasteiger charge is -2.38. The average Bonchev–Trinajstić information content (AvgIpc) is 2.90. The van der Waals surface area contributed by atoms with Crippen LogP contribution in [0.1, 0.15) is 60.9 Å². The van der Waals surface area contributed by atoms with Gasteiger partial charge in [0.1, 0.15) is 0 Å². The van der Waals surface area contributed by atoms with E-state index < -0.39 is 0 Å². The smallest absolute Gasteiger partial charge is 0.0872 e. The zero-order chi connectivity index (χ0) is 14.8. The van der Waals surface area contributed by atoms with Gasteiger partial charge in [0.25, 0.3) is 0 Å². The van der Waals surface area contributed by atoms with E-state index in [4.69, 9.17) is 4.74 Å². The van der Waals surface area contributed by atoms with Gasteiger partial charge in [0.15, 0.2) is 0 Å². The summed E-state index contributed by atoms with van der Waals surface area (Å²) in [7, 11) is 1.88. The Bertz CT molecular complexity index is 461. The number of hydrogen-bond donors (Lipinski definition) is 1. The molecule has 1 aromatic carbocycles. The summed E-state index contributed by atoms with van der Waals surface area (Å²) in [6, 6.07) is 4.98. The lowest BCUT2D eigenvalue weighted by atomic mass is 9.83. The normalized spacial score (nSPS) is 19.2. The summed E-state index contributed by atoms with van der Waals surface area (Å²) < 4.78 is 6.03. The summed E-state index contributed by atoms with van der Waals surface area (Å²) in [5.74, 6) is 0. The van der Waals surface area contributed by atoms with Crippen molar-refractivity contribution in [3.8, 4) is 0 Å². The van der Waals surface area contributed by atoms with E-state index in [0.717, 1.165) is 19.4 Å². The molecule has 112 valence electrons. The number of likely N-dealkylation sites (N-methyl/N-ethyl adjacent to an activating group) is 1. The molecular weight excluding hydrogens is 246 g/mol. The van der Waals surface area contributed by atoms with Crippen molar-refractivity contribution < 1.29 is 4.74 Å². The minimum atomic E-state index is -0.0253. The average molecular weight is 275 g/mol. The van der Waals surface area contributed by atoms with Crippen LogP contribution < -0.4 is 5.32 Å². The lowest BCUT2D eigenvalue weighted by molar-refractivity contribution is -0.0365. The summed E-state index contributed by atoms with van der Waals surface area (Å²) in [6.45, 7) is 9.78. The highest BCUT2D eigenvalue weighted by Crippen LogP contribution is 2.43. The summed E-state index contributed by atoms with van der Waals surface area (Å²) in [5.41, 5.74) is 5.51. The van der Waals surface area contributed by atoms with Crippen LogP contribution in [0.15, 0.2) is 12.1 Å². The van der Waals surface area contributed by atoms with E-state index in [9.17, 15) is 0 Å². The topological polar surface area (TPSA) is 21.3 Å². The zero-order valence-electron chi connectivity index (χ0n) is 13.7. The van der Waals surface area contributed by atoms with Gasteiger partial charge in [0.05, 0.1) is 11.6 Å². The first-order chi connectivity index (χ1) is 9.54. The Hall–Kier alpha value is -0.860. The molecule has 1 N–H and O–H groups in total. The van der Waals surface area contributed by atoms with E-state index in [0.29, 0.717) is 6.04 Å². The fourth-order valence-corrected chi connectivity index (χ4v) is 3.66. The largest absolute Gasteiger partial charge is 0.376 e. The predicted molar refractivity (Wildman–Crippen MR) is 85.3 cm³/mol. The molecule has 1 fully saturated rings. The quantitative estimate of drug-likeness (QED) is 0.868. The molecule has 0 radical (unpaired) electrons. The number of rotatable bonds is 5. The van der Waals surface area contributed by atoms with Crippen molar-refractivity contribution in [3.05, 3.63) is 34.4 Å². The van der Waals surface area contributed by atoms with Crippen LogP contribution >= 0.6 is 0 Å². The molecule has 1 aliphatic carbocycles. The van der Waals surface area contributed by atoms with Crippen LogP contribution in [0.3, 0.4) is 0 Å². The summed E-state index contributed by atoms with van der Waals surface area (Å²) in [6.07, 6.45) is 4.88. The number of methoxy groups -OCH3 is 1. The Morgan fingerprint density at radius 2 is 1.70 bits per heavy atom. The molecule has 1 unspecified atom stereocenters. The lowest BCUT2D eigenvalue weighted by Crippen LogP contribution is -2.44. The highest BCUT2D eigenvalue weighted by atomic mass is 16.5. The Labute approximate surface area is 123 Å². The summed E-state index contributed by atoms with van der Waals surface area (Å²) >= 11 is 0. The van der Waals surface area contributed by atoms with Crippen molar-refractivity contribution in [2.75, 3.05) is 13.7 Å². The van der Waals surface area contributed by atoms with Gasteiger partial charge >= 0.3 is 0 Å². The van der Waals surface area contributed by atoms with E-state index in [1.54, 1.807) is 0 Å². The molecule has 0 saturated heterocycles. The van der Waals surface area contributed by atoms with Crippen molar-refractivity contribution in [2.45, 2.75) is 65.0 Å². The molecule has 2 rings (SSSR count). The molecule has 0 aromatic heterocycles. The maximum absolute atomic E-state index is 6.03. The molecule has 0 spiro atoms. The van der Waals surface area contributed by atoms with E-state index >= 15 is 0 Å². The number of benzene rings is 1. The molecule has 0 aliphatic heterocycles. The standard InChI is InChI=1S/C18H29NO/c1-6-19-17(18(20-5)9-7-8-10-18)16-12-14(3)13(2)11-15(16)4/h11-12,17,19H,6-10H2,1-5H3. The van der Waals surface area contributed by atoms with Gasteiger partial charge in [-0.2, -0.15) is 0 Å². The molecule has 1 aromatic rings. The van der Waals surface area contributed by atoms with Crippen molar-refractivity contribution in [2.24, 2.45) is 0 Å². The van der Waals surface area contributed by atoms with Gasteiger partial charge in [0.2, 0.25) is 0 Å². The SMILES string of the molecule is CCNC(c1cc(C)c(C)cc1C)C1(OC)CCCC1. The van der Waals surface area contributed by atoms with Crippen LogP contribution in [0.4, 0.5) is 0 Å². The molecule has 1 saturated carbocycles. The Morgan fingerprint density at radius 3 is 2.25 bits per heavy atom. The third-order valence-corrected chi connectivity index (χ3v) is 4.98. The fourth-order valence-electron chi connectivity index (χ4n) is 3.66. The fraction of sp³-hybridized carbons (Fsp3) is 0.667. The van der Waals surface area contributed by atoms with Crippen LogP contribution in [-0.4, -0.2) is 19.3 Å². The van der Waals surface area contributed by atoms with Crippen molar-refractivity contribution >= 4 is 0 Å². The molecule has 2 heteroatoms. The van der Waals surface area contributed by atoms with Crippen LogP contribution in [-0.2, 0) is 4.74 Å². The predicted octanol–water partition coefficient (Wildman–Crippen LogP) is 4.22. The van der Waals surface area contributed by atoms with Crippen LogP contribution in [0.2, 0.25) is 0 Å². The van der Waals surface area contributed by atoms with Gasteiger partial charge in [-0.25, -0.2) is 0 Å². The van der Waals surface area contributed by atoms with E-state index in [1.165, 1.54) is 35.1 Å². The van der Waals surface area contributed by atoms with Crippen LogP contribution in [0, 0.1) is 20.8 Å². The van der Waals surface area contributed by atoms with Crippen molar-refractivity contribution in [1.82, 2.24) is 5.32 Å². The van der Waals surface area contributed by atoms with Gasteiger partial charge in [0, 0.05) is 7.11 Å². The number of nitrogens with one attached hydrogen (secondary N) is 1. The van der Waals surface area contributed by atoms with Gasteiger partial charge < -0.3 is 10.1 Å². The number of ether oxygens (including phenoxy) is 1. The number of aryl methyl sites for hydroxylation is 3.